The van der Waals surface area contributed by atoms with Gasteiger partial charge in [-0.3, -0.25) is 0 Å². The SMILES string of the molecule is COC1CCC[C@]2(O)CC[C@@H]3C(=C12)[C@@H](COCOCc1ccc(N(C)C)cc1)C[C@]1(C)CCC[C@@H]31. The Balaban J connectivity index is 1.29. The average molecular weight is 484 g/mol. The Morgan fingerprint density at radius 2 is 1.77 bits per heavy atom. The minimum Gasteiger partial charge on any atom is -0.385 e. The van der Waals surface area contributed by atoms with Crippen LogP contribution in [-0.4, -0.2) is 51.4 Å². The van der Waals surface area contributed by atoms with Gasteiger partial charge in [-0.05, 0) is 91.9 Å². The van der Waals surface area contributed by atoms with Crippen LogP contribution >= 0.6 is 0 Å². The number of methoxy groups -OCH3 is 1. The van der Waals surface area contributed by atoms with Crippen LogP contribution in [0.15, 0.2) is 35.4 Å². The maximum Gasteiger partial charge on any atom is 0.147 e. The van der Waals surface area contributed by atoms with E-state index in [0.717, 1.165) is 50.0 Å². The van der Waals surface area contributed by atoms with Gasteiger partial charge < -0.3 is 24.2 Å². The minimum atomic E-state index is -0.676. The van der Waals surface area contributed by atoms with E-state index in [-0.39, 0.29) is 6.10 Å². The van der Waals surface area contributed by atoms with Crippen molar-refractivity contribution in [2.45, 2.75) is 83.0 Å². The second-order valence-corrected chi connectivity index (χ2v) is 12.1. The summed E-state index contributed by atoms with van der Waals surface area (Å²) < 4.78 is 18.1. The third-order valence-corrected chi connectivity index (χ3v) is 9.75. The Bertz CT molecular complexity index is 911. The Morgan fingerprint density at radius 3 is 2.51 bits per heavy atom. The molecule has 0 aromatic heterocycles. The zero-order chi connectivity index (χ0) is 24.6. The van der Waals surface area contributed by atoms with E-state index in [0.29, 0.717) is 37.3 Å². The first-order valence-corrected chi connectivity index (χ1v) is 13.8. The fourth-order valence-electron chi connectivity index (χ4n) is 8.12. The van der Waals surface area contributed by atoms with Gasteiger partial charge in [-0.15, -0.1) is 0 Å². The molecule has 3 saturated carbocycles. The highest BCUT2D eigenvalue weighted by Gasteiger charge is 2.56. The number of anilines is 1. The van der Waals surface area contributed by atoms with Crippen LogP contribution < -0.4 is 4.90 Å². The van der Waals surface area contributed by atoms with Crippen LogP contribution in [0.25, 0.3) is 0 Å². The lowest BCUT2D eigenvalue weighted by Crippen LogP contribution is -2.51. The fourth-order valence-corrected chi connectivity index (χ4v) is 8.12. The molecule has 1 aromatic carbocycles. The van der Waals surface area contributed by atoms with Crippen LogP contribution in [0.1, 0.15) is 70.3 Å². The lowest BCUT2D eigenvalue weighted by atomic mass is 9.52. The first-order valence-electron chi connectivity index (χ1n) is 13.8. The van der Waals surface area contributed by atoms with E-state index in [1.807, 2.05) is 7.11 Å². The van der Waals surface area contributed by atoms with Gasteiger partial charge in [0.2, 0.25) is 0 Å². The summed E-state index contributed by atoms with van der Waals surface area (Å²) in [6.45, 7) is 4.05. The maximum absolute atomic E-state index is 11.7. The van der Waals surface area contributed by atoms with Gasteiger partial charge in [0, 0.05) is 32.8 Å². The molecule has 4 aliphatic rings. The summed E-state index contributed by atoms with van der Waals surface area (Å²) in [5, 5.41) is 11.7. The van der Waals surface area contributed by atoms with Crippen LogP contribution in [-0.2, 0) is 20.8 Å². The number of nitrogens with zero attached hydrogens (tertiary/aromatic N) is 1. The molecule has 194 valence electrons. The smallest absolute Gasteiger partial charge is 0.147 e. The zero-order valence-corrected chi connectivity index (χ0v) is 22.2. The molecule has 1 N–H and O–H groups in total. The van der Waals surface area contributed by atoms with Crippen LogP contribution in [0.4, 0.5) is 5.69 Å². The topological polar surface area (TPSA) is 51.2 Å². The third-order valence-electron chi connectivity index (χ3n) is 9.75. The summed E-state index contributed by atoms with van der Waals surface area (Å²) in [7, 11) is 5.92. The third kappa shape index (κ3) is 4.82. The largest absolute Gasteiger partial charge is 0.385 e. The lowest BCUT2D eigenvalue weighted by molar-refractivity contribution is -0.0837. The minimum absolute atomic E-state index is 0.0567. The highest BCUT2D eigenvalue weighted by Crippen LogP contribution is 2.62. The second kappa shape index (κ2) is 10.2. The summed E-state index contributed by atoms with van der Waals surface area (Å²) in [5.74, 6) is 1.67. The second-order valence-electron chi connectivity index (χ2n) is 12.1. The molecule has 5 rings (SSSR count). The van der Waals surface area contributed by atoms with E-state index in [4.69, 9.17) is 14.2 Å². The number of benzene rings is 1. The molecular weight excluding hydrogens is 438 g/mol. The molecule has 1 aromatic rings. The van der Waals surface area contributed by atoms with Gasteiger partial charge in [-0.25, -0.2) is 0 Å². The molecule has 3 fully saturated rings. The Morgan fingerprint density at radius 1 is 1.00 bits per heavy atom. The number of aliphatic hydroxyl groups is 1. The molecule has 5 nitrogen and oxygen atoms in total. The van der Waals surface area contributed by atoms with Crippen molar-refractivity contribution in [1.82, 2.24) is 0 Å². The van der Waals surface area contributed by atoms with E-state index >= 15 is 0 Å². The summed E-state index contributed by atoms with van der Waals surface area (Å²) in [6, 6.07) is 8.47. The average Bonchev–Trinajstić information content (AvgIpc) is 3.24. The van der Waals surface area contributed by atoms with Crippen molar-refractivity contribution >= 4 is 5.69 Å². The number of fused-ring (bicyclic) bond motifs is 4. The Hall–Kier alpha value is -1.40. The first-order chi connectivity index (χ1) is 16.8. The van der Waals surface area contributed by atoms with Crippen molar-refractivity contribution < 1.29 is 19.3 Å². The van der Waals surface area contributed by atoms with Crippen LogP contribution in [0, 0.1) is 23.2 Å². The molecule has 5 heteroatoms. The summed E-state index contributed by atoms with van der Waals surface area (Å²) in [6.07, 6.45) is 10.2. The molecular formula is C30H45NO4. The summed E-state index contributed by atoms with van der Waals surface area (Å²) in [4.78, 5) is 2.10. The number of hydrogen-bond acceptors (Lipinski definition) is 5. The van der Waals surface area contributed by atoms with Crippen molar-refractivity contribution in [3.05, 3.63) is 41.0 Å². The standard InChI is InChI=1S/C30H45NO4/c1-29-14-5-7-25(29)24-13-16-30(32)15-6-8-26(33-4)28(30)27(24)22(17-29)19-35-20-34-18-21-9-11-23(12-10-21)31(2)3/h9-12,22,24-26,32H,5-8,13-20H2,1-4H3/t22-,24+,25+,26?,29+,30+/m1/s1. The summed E-state index contributed by atoms with van der Waals surface area (Å²) >= 11 is 0. The number of rotatable bonds is 8. The van der Waals surface area contributed by atoms with Crippen molar-refractivity contribution in [2.75, 3.05) is 39.5 Å². The van der Waals surface area contributed by atoms with Gasteiger partial charge in [0.05, 0.1) is 24.9 Å². The maximum atomic E-state index is 11.7. The van der Waals surface area contributed by atoms with Crippen molar-refractivity contribution in [1.29, 1.82) is 0 Å². The Labute approximate surface area is 211 Å². The molecule has 0 spiro atoms. The van der Waals surface area contributed by atoms with Crippen molar-refractivity contribution in [2.24, 2.45) is 23.2 Å². The van der Waals surface area contributed by atoms with Crippen LogP contribution in [0.2, 0.25) is 0 Å². The fraction of sp³-hybridized carbons (Fsp3) is 0.733. The van der Waals surface area contributed by atoms with E-state index in [1.54, 1.807) is 0 Å². The molecule has 35 heavy (non-hydrogen) atoms. The van der Waals surface area contributed by atoms with Gasteiger partial charge >= 0.3 is 0 Å². The van der Waals surface area contributed by atoms with E-state index in [2.05, 4.69) is 50.2 Å². The van der Waals surface area contributed by atoms with E-state index < -0.39 is 5.60 Å². The van der Waals surface area contributed by atoms with Crippen LogP contribution in [0.3, 0.4) is 0 Å². The van der Waals surface area contributed by atoms with Crippen molar-refractivity contribution in [3.8, 4) is 0 Å². The van der Waals surface area contributed by atoms with Gasteiger partial charge in [0.15, 0.2) is 0 Å². The predicted molar refractivity (Wildman–Crippen MR) is 139 cm³/mol. The van der Waals surface area contributed by atoms with Gasteiger partial charge in [-0.2, -0.15) is 0 Å². The number of ether oxygens (including phenoxy) is 3. The van der Waals surface area contributed by atoms with Gasteiger partial charge in [0.1, 0.15) is 6.79 Å². The predicted octanol–water partition coefficient (Wildman–Crippen LogP) is 5.71. The molecule has 1 unspecified atom stereocenters. The normalized spacial score (nSPS) is 36.5. The molecule has 0 bridgehead atoms. The molecule has 0 heterocycles. The molecule has 4 aliphatic carbocycles. The highest BCUT2D eigenvalue weighted by molar-refractivity contribution is 5.45. The van der Waals surface area contributed by atoms with Gasteiger partial charge in [0.25, 0.3) is 0 Å². The zero-order valence-electron chi connectivity index (χ0n) is 22.2. The first kappa shape index (κ1) is 25.3. The van der Waals surface area contributed by atoms with E-state index in [1.165, 1.54) is 36.1 Å². The Kier molecular flexibility index (Phi) is 7.33. The molecule has 0 radical (unpaired) electrons. The number of hydrogen-bond donors (Lipinski definition) is 1. The van der Waals surface area contributed by atoms with Crippen molar-refractivity contribution in [3.63, 3.8) is 0 Å². The molecule has 0 saturated heterocycles. The lowest BCUT2D eigenvalue weighted by Gasteiger charge is -2.55. The molecule has 0 amide bonds. The van der Waals surface area contributed by atoms with Crippen LogP contribution in [0.5, 0.6) is 0 Å². The van der Waals surface area contributed by atoms with E-state index in [9.17, 15) is 5.11 Å². The molecule has 0 aliphatic heterocycles. The summed E-state index contributed by atoms with van der Waals surface area (Å²) in [5.41, 5.74) is 4.82. The highest BCUT2D eigenvalue weighted by atomic mass is 16.7. The quantitative estimate of drug-likeness (QED) is 0.292. The van der Waals surface area contributed by atoms with Gasteiger partial charge in [-0.1, -0.05) is 31.1 Å². The molecule has 6 atom stereocenters. The monoisotopic (exact) mass is 483 g/mol.